The fraction of sp³-hybridized carbons (Fsp3) is 0.0714. The molecule has 4 N–H and O–H groups in total. The van der Waals surface area contributed by atoms with Gasteiger partial charge in [-0.2, -0.15) is 0 Å². The SMILES string of the molecule is NC(=O)c1ccccc1COc1c(Br)cc(N)cc1Br. The molecule has 2 rings (SSSR count). The zero-order chi connectivity index (χ0) is 14.7. The second-order valence-electron chi connectivity index (χ2n) is 4.12. The van der Waals surface area contributed by atoms with E-state index in [-0.39, 0.29) is 6.61 Å². The van der Waals surface area contributed by atoms with Crippen molar-refractivity contribution >= 4 is 43.5 Å². The minimum absolute atomic E-state index is 0.236. The lowest BCUT2D eigenvalue weighted by atomic mass is 10.1. The highest BCUT2D eigenvalue weighted by atomic mass is 79.9. The first-order valence-electron chi connectivity index (χ1n) is 5.74. The number of nitrogens with two attached hydrogens (primary N) is 2. The lowest BCUT2D eigenvalue weighted by Gasteiger charge is -2.12. The van der Waals surface area contributed by atoms with E-state index in [9.17, 15) is 4.79 Å². The first-order chi connectivity index (χ1) is 9.49. The summed E-state index contributed by atoms with van der Waals surface area (Å²) >= 11 is 6.78. The molecule has 0 aliphatic heterocycles. The third-order valence-corrected chi connectivity index (χ3v) is 3.85. The summed E-state index contributed by atoms with van der Waals surface area (Å²) in [5.41, 5.74) is 12.9. The third kappa shape index (κ3) is 3.32. The molecular formula is C14H12Br2N2O2. The number of benzene rings is 2. The van der Waals surface area contributed by atoms with Gasteiger partial charge in [-0.1, -0.05) is 18.2 Å². The van der Waals surface area contributed by atoms with Crippen LogP contribution in [-0.4, -0.2) is 5.91 Å². The molecular weight excluding hydrogens is 388 g/mol. The second kappa shape index (κ2) is 6.28. The molecule has 0 fully saturated rings. The molecule has 0 saturated heterocycles. The summed E-state index contributed by atoms with van der Waals surface area (Å²) in [6.45, 7) is 0.236. The molecule has 0 aliphatic rings. The highest BCUT2D eigenvalue weighted by Crippen LogP contribution is 2.36. The van der Waals surface area contributed by atoms with Crippen molar-refractivity contribution in [3.05, 3.63) is 56.5 Å². The van der Waals surface area contributed by atoms with Crippen LogP contribution in [-0.2, 0) is 6.61 Å². The first-order valence-corrected chi connectivity index (χ1v) is 7.32. The van der Waals surface area contributed by atoms with Gasteiger partial charge in [0, 0.05) is 16.8 Å². The van der Waals surface area contributed by atoms with Crippen molar-refractivity contribution in [3.63, 3.8) is 0 Å². The number of rotatable bonds is 4. The van der Waals surface area contributed by atoms with Gasteiger partial charge in [0.15, 0.2) is 0 Å². The minimum atomic E-state index is -0.473. The molecule has 0 radical (unpaired) electrons. The maximum atomic E-state index is 11.3. The standard InChI is InChI=1S/C14H12Br2N2O2/c15-11-5-9(17)6-12(16)13(11)20-7-8-3-1-2-4-10(8)14(18)19/h1-6H,7,17H2,(H2,18,19). The van der Waals surface area contributed by atoms with E-state index in [0.717, 1.165) is 14.5 Å². The molecule has 0 aromatic heterocycles. The van der Waals surface area contributed by atoms with Crippen LogP contribution < -0.4 is 16.2 Å². The molecule has 0 spiro atoms. The van der Waals surface area contributed by atoms with Crippen molar-refractivity contribution < 1.29 is 9.53 Å². The summed E-state index contributed by atoms with van der Waals surface area (Å²) in [6, 6.07) is 10.6. The fourth-order valence-electron chi connectivity index (χ4n) is 1.75. The van der Waals surface area contributed by atoms with Gasteiger partial charge in [-0.05, 0) is 50.1 Å². The Bertz CT molecular complexity index is 636. The summed E-state index contributed by atoms with van der Waals surface area (Å²) in [5, 5.41) is 0. The summed E-state index contributed by atoms with van der Waals surface area (Å²) in [4.78, 5) is 11.3. The molecule has 0 aliphatic carbocycles. The van der Waals surface area contributed by atoms with E-state index in [4.69, 9.17) is 16.2 Å². The van der Waals surface area contributed by atoms with Crippen molar-refractivity contribution in [2.24, 2.45) is 5.73 Å². The van der Waals surface area contributed by atoms with Gasteiger partial charge in [0.05, 0.1) is 8.95 Å². The van der Waals surface area contributed by atoms with Crippen LogP contribution in [0.5, 0.6) is 5.75 Å². The quantitative estimate of drug-likeness (QED) is 0.772. The molecule has 0 bridgehead atoms. The largest absolute Gasteiger partial charge is 0.487 e. The van der Waals surface area contributed by atoms with Crippen LogP contribution >= 0.6 is 31.9 Å². The molecule has 2 aromatic carbocycles. The van der Waals surface area contributed by atoms with Gasteiger partial charge in [0.1, 0.15) is 12.4 Å². The Morgan fingerprint density at radius 2 is 1.75 bits per heavy atom. The molecule has 104 valence electrons. The van der Waals surface area contributed by atoms with Gasteiger partial charge >= 0.3 is 0 Å². The zero-order valence-electron chi connectivity index (χ0n) is 10.4. The van der Waals surface area contributed by atoms with Gasteiger partial charge in [-0.25, -0.2) is 0 Å². The zero-order valence-corrected chi connectivity index (χ0v) is 13.6. The lowest BCUT2D eigenvalue weighted by Crippen LogP contribution is -2.14. The van der Waals surface area contributed by atoms with E-state index in [0.29, 0.717) is 17.0 Å². The second-order valence-corrected chi connectivity index (χ2v) is 5.83. The number of ether oxygens (including phenoxy) is 1. The van der Waals surface area contributed by atoms with Gasteiger partial charge in [-0.3, -0.25) is 4.79 Å². The van der Waals surface area contributed by atoms with Crippen LogP contribution in [0.4, 0.5) is 5.69 Å². The number of halogens is 2. The summed E-state index contributed by atoms with van der Waals surface area (Å²) in [6.07, 6.45) is 0. The summed E-state index contributed by atoms with van der Waals surface area (Å²) < 4.78 is 7.22. The highest BCUT2D eigenvalue weighted by molar-refractivity contribution is 9.11. The Labute approximate surface area is 133 Å². The Morgan fingerprint density at radius 1 is 1.15 bits per heavy atom. The molecule has 1 amide bonds. The number of hydrogen-bond acceptors (Lipinski definition) is 3. The average molecular weight is 400 g/mol. The van der Waals surface area contributed by atoms with Gasteiger partial charge in [0.2, 0.25) is 5.91 Å². The molecule has 2 aromatic rings. The molecule has 0 saturated carbocycles. The number of nitrogen functional groups attached to an aromatic ring is 1. The maximum absolute atomic E-state index is 11.3. The molecule has 6 heteroatoms. The number of amides is 1. The van der Waals surface area contributed by atoms with Crippen molar-refractivity contribution in [1.82, 2.24) is 0 Å². The Balaban J connectivity index is 2.24. The minimum Gasteiger partial charge on any atom is -0.487 e. The van der Waals surface area contributed by atoms with Crippen LogP contribution in [0.1, 0.15) is 15.9 Å². The van der Waals surface area contributed by atoms with E-state index in [1.807, 2.05) is 6.07 Å². The first kappa shape index (κ1) is 14.9. The molecule has 0 unspecified atom stereocenters. The smallest absolute Gasteiger partial charge is 0.249 e. The summed E-state index contributed by atoms with van der Waals surface area (Å²) in [5.74, 6) is 0.151. The van der Waals surface area contributed by atoms with Crippen LogP contribution in [0.2, 0.25) is 0 Å². The highest BCUT2D eigenvalue weighted by Gasteiger charge is 2.11. The van der Waals surface area contributed by atoms with Gasteiger partial charge in [0.25, 0.3) is 0 Å². The van der Waals surface area contributed by atoms with Crippen molar-refractivity contribution in [2.45, 2.75) is 6.61 Å². The number of primary amides is 1. The maximum Gasteiger partial charge on any atom is 0.249 e. The molecule has 0 atom stereocenters. The van der Waals surface area contributed by atoms with Crippen molar-refractivity contribution in [1.29, 1.82) is 0 Å². The lowest BCUT2D eigenvalue weighted by molar-refractivity contribution is 0.0998. The normalized spacial score (nSPS) is 10.3. The molecule has 20 heavy (non-hydrogen) atoms. The predicted octanol–water partition coefficient (Wildman–Crippen LogP) is 3.47. The topological polar surface area (TPSA) is 78.3 Å². The van der Waals surface area contributed by atoms with E-state index >= 15 is 0 Å². The van der Waals surface area contributed by atoms with Crippen LogP contribution in [0, 0.1) is 0 Å². The predicted molar refractivity (Wildman–Crippen MR) is 85.5 cm³/mol. The third-order valence-electron chi connectivity index (χ3n) is 2.68. The Morgan fingerprint density at radius 3 is 2.35 bits per heavy atom. The fourth-order valence-corrected chi connectivity index (χ4v) is 3.20. The average Bonchev–Trinajstić information content (AvgIpc) is 2.37. The van der Waals surface area contributed by atoms with Crippen molar-refractivity contribution in [3.8, 4) is 5.75 Å². The Hall–Kier alpha value is -1.53. The van der Waals surface area contributed by atoms with Crippen LogP contribution in [0.15, 0.2) is 45.3 Å². The monoisotopic (exact) mass is 398 g/mol. The van der Waals surface area contributed by atoms with Crippen LogP contribution in [0.3, 0.4) is 0 Å². The van der Waals surface area contributed by atoms with Crippen molar-refractivity contribution in [2.75, 3.05) is 5.73 Å². The number of carbonyl (C=O) groups excluding carboxylic acids is 1. The molecule has 0 heterocycles. The van der Waals surface area contributed by atoms with E-state index in [1.54, 1.807) is 30.3 Å². The van der Waals surface area contributed by atoms with E-state index in [1.165, 1.54) is 0 Å². The summed E-state index contributed by atoms with van der Waals surface area (Å²) in [7, 11) is 0. The Kier molecular flexibility index (Phi) is 4.67. The van der Waals surface area contributed by atoms with Crippen LogP contribution in [0.25, 0.3) is 0 Å². The number of anilines is 1. The van der Waals surface area contributed by atoms with E-state index < -0.39 is 5.91 Å². The molecule has 4 nitrogen and oxygen atoms in total. The number of carbonyl (C=O) groups is 1. The van der Waals surface area contributed by atoms with E-state index in [2.05, 4.69) is 31.9 Å². The van der Waals surface area contributed by atoms with Gasteiger partial charge < -0.3 is 16.2 Å². The number of hydrogen-bond donors (Lipinski definition) is 2. The van der Waals surface area contributed by atoms with Gasteiger partial charge in [-0.15, -0.1) is 0 Å².